The van der Waals surface area contributed by atoms with Crippen LogP contribution in [0.5, 0.6) is 0 Å². The van der Waals surface area contributed by atoms with Gasteiger partial charge in [-0.1, -0.05) is 38.1 Å². The summed E-state index contributed by atoms with van der Waals surface area (Å²) in [5.74, 6) is 0.522. The molecular formula is C16H24N2O. The van der Waals surface area contributed by atoms with Gasteiger partial charge >= 0.3 is 0 Å². The van der Waals surface area contributed by atoms with E-state index in [4.69, 9.17) is 4.74 Å². The Balaban J connectivity index is 2.48. The number of nitriles is 1. The van der Waals surface area contributed by atoms with Crippen molar-refractivity contribution in [1.82, 2.24) is 5.32 Å². The van der Waals surface area contributed by atoms with Crippen molar-refractivity contribution in [3.8, 4) is 6.07 Å². The standard InChI is InChI=1S/C16H24N2O/c1-4-19-11-5-10-18-16(12-17)15-8-6-14(7-9-15)13(2)3/h6-9,13,16,18H,4-5,10-11H2,1-3H3. The molecule has 0 saturated heterocycles. The third kappa shape index (κ3) is 5.42. The minimum absolute atomic E-state index is 0.233. The van der Waals surface area contributed by atoms with E-state index in [1.165, 1.54) is 5.56 Å². The van der Waals surface area contributed by atoms with E-state index in [9.17, 15) is 5.26 Å². The average molecular weight is 260 g/mol. The fourth-order valence-corrected chi connectivity index (χ4v) is 1.88. The van der Waals surface area contributed by atoms with E-state index in [0.717, 1.165) is 31.7 Å². The average Bonchev–Trinajstić information content (AvgIpc) is 2.43. The van der Waals surface area contributed by atoms with E-state index in [-0.39, 0.29) is 6.04 Å². The summed E-state index contributed by atoms with van der Waals surface area (Å²) in [6, 6.07) is 10.4. The minimum atomic E-state index is -0.233. The molecule has 0 aliphatic carbocycles. The smallest absolute Gasteiger partial charge is 0.121 e. The fraction of sp³-hybridized carbons (Fsp3) is 0.562. The van der Waals surface area contributed by atoms with Crippen molar-refractivity contribution in [2.75, 3.05) is 19.8 Å². The molecule has 0 fully saturated rings. The second-order valence-corrected chi connectivity index (χ2v) is 4.89. The van der Waals surface area contributed by atoms with Crippen molar-refractivity contribution in [2.24, 2.45) is 0 Å². The van der Waals surface area contributed by atoms with Gasteiger partial charge in [0.1, 0.15) is 6.04 Å². The topological polar surface area (TPSA) is 45.0 Å². The lowest BCUT2D eigenvalue weighted by Gasteiger charge is -2.13. The Bertz CT molecular complexity index is 392. The number of nitrogens with one attached hydrogen (secondary N) is 1. The predicted molar refractivity (Wildman–Crippen MR) is 78.0 cm³/mol. The monoisotopic (exact) mass is 260 g/mol. The molecule has 3 nitrogen and oxygen atoms in total. The lowest BCUT2D eigenvalue weighted by molar-refractivity contribution is 0.144. The molecule has 3 heteroatoms. The Kier molecular flexibility index (Phi) is 7.17. The maximum absolute atomic E-state index is 9.22. The number of nitrogens with zero attached hydrogens (tertiary/aromatic N) is 1. The van der Waals surface area contributed by atoms with Crippen molar-refractivity contribution < 1.29 is 4.74 Å². The molecule has 0 aliphatic heterocycles. The number of ether oxygens (including phenoxy) is 1. The first kappa shape index (κ1) is 15.7. The maximum atomic E-state index is 9.22. The molecule has 0 aliphatic rings. The van der Waals surface area contributed by atoms with Crippen molar-refractivity contribution in [2.45, 2.75) is 39.2 Å². The van der Waals surface area contributed by atoms with Crippen LogP contribution in [0.2, 0.25) is 0 Å². The highest BCUT2D eigenvalue weighted by Crippen LogP contribution is 2.18. The zero-order chi connectivity index (χ0) is 14.1. The highest BCUT2D eigenvalue weighted by atomic mass is 16.5. The van der Waals surface area contributed by atoms with Crippen LogP contribution in [0.15, 0.2) is 24.3 Å². The first-order valence-electron chi connectivity index (χ1n) is 6.99. The molecule has 1 N–H and O–H groups in total. The van der Waals surface area contributed by atoms with Gasteiger partial charge in [-0.3, -0.25) is 5.32 Å². The molecule has 0 saturated carbocycles. The number of rotatable bonds is 8. The Morgan fingerprint density at radius 3 is 2.37 bits per heavy atom. The summed E-state index contributed by atoms with van der Waals surface area (Å²) in [5.41, 5.74) is 2.33. The zero-order valence-corrected chi connectivity index (χ0v) is 12.1. The van der Waals surface area contributed by atoms with Crippen molar-refractivity contribution in [1.29, 1.82) is 5.26 Å². The van der Waals surface area contributed by atoms with Gasteiger partial charge in [0.05, 0.1) is 6.07 Å². The predicted octanol–water partition coefficient (Wildman–Crippen LogP) is 3.39. The van der Waals surface area contributed by atoms with Gasteiger partial charge in [0.2, 0.25) is 0 Å². The van der Waals surface area contributed by atoms with Crippen LogP contribution >= 0.6 is 0 Å². The fourth-order valence-electron chi connectivity index (χ4n) is 1.88. The number of hydrogen-bond donors (Lipinski definition) is 1. The second-order valence-electron chi connectivity index (χ2n) is 4.89. The molecule has 19 heavy (non-hydrogen) atoms. The molecule has 1 aromatic carbocycles. The summed E-state index contributed by atoms with van der Waals surface area (Å²) in [7, 11) is 0. The van der Waals surface area contributed by atoms with Gasteiger partial charge < -0.3 is 4.74 Å². The SMILES string of the molecule is CCOCCCNC(C#N)c1ccc(C(C)C)cc1. The van der Waals surface area contributed by atoms with Gasteiger partial charge in [-0.25, -0.2) is 0 Å². The second kappa shape index (κ2) is 8.68. The van der Waals surface area contributed by atoms with Crippen LogP contribution in [-0.4, -0.2) is 19.8 Å². The molecular weight excluding hydrogens is 236 g/mol. The minimum Gasteiger partial charge on any atom is -0.382 e. The summed E-state index contributed by atoms with van der Waals surface area (Å²) < 4.78 is 5.27. The van der Waals surface area contributed by atoms with E-state index in [0.29, 0.717) is 5.92 Å². The van der Waals surface area contributed by atoms with Gasteiger partial charge in [-0.05, 0) is 36.9 Å². The molecule has 0 bridgehead atoms. The van der Waals surface area contributed by atoms with E-state index in [1.807, 2.05) is 19.1 Å². The van der Waals surface area contributed by atoms with Crippen LogP contribution in [-0.2, 0) is 4.74 Å². The Morgan fingerprint density at radius 2 is 1.84 bits per heavy atom. The molecule has 0 amide bonds. The highest BCUT2D eigenvalue weighted by Gasteiger charge is 2.09. The van der Waals surface area contributed by atoms with Crippen LogP contribution in [0.3, 0.4) is 0 Å². The number of benzene rings is 1. The normalized spacial score (nSPS) is 12.4. The summed E-state index contributed by atoms with van der Waals surface area (Å²) in [6.45, 7) is 8.61. The molecule has 0 heterocycles. The Labute approximate surface area is 116 Å². The lowest BCUT2D eigenvalue weighted by atomic mass is 9.99. The van der Waals surface area contributed by atoms with Crippen molar-refractivity contribution in [3.05, 3.63) is 35.4 Å². The zero-order valence-electron chi connectivity index (χ0n) is 12.1. The Morgan fingerprint density at radius 1 is 1.21 bits per heavy atom. The van der Waals surface area contributed by atoms with Crippen molar-refractivity contribution >= 4 is 0 Å². The van der Waals surface area contributed by atoms with Gasteiger partial charge in [0.25, 0.3) is 0 Å². The third-order valence-electron chi connectivity index (χ3n) is 3.08. The molecule has 0 aromatic heterocycles. The van der Waals surface area contributed by atoms with Gasteiger partial charge in [-0.15, -0.1) is 0 Å². The van der Waals surface area contributed by atoms with Crippen molar-refractivity contribution in [3.63, 3.8) is 0 Å². The molecule has 0 radical (unpaired) electrons. The summed E-state index contributed by atoms with van der Waals surface area (Å²) in [5, 5.41) is 12.5. The highest BCUT2D eigenvalue weighted by molar-refractivity contribution is 5.29. The van der Waals surface area contributed by atoms with Gasteiger partial charge in [-0.2, -0.15) is 5.26 Å². The quantitative estimate of drug-likeness (QED) is 0.729. The van der Waals surface area contributed by atoms with E-state index < -0.39 is 0 Å². The maximum Gasteiger partial charge on any atom is 0.121 e. The van der Waals surface area contributed by atoms with Gasteiger partial charge in [0.15, 0.2) is 0 Å². The van der Waals surface area contributed by atoms with Crippen LogP contribution < -0.4 is 5.32 Å². The van der Waals surface area contributed by atoms with Crippen LogP contribution in [0.4, 0.5) is 0 Å². The van der Waals surface area contributed by atoms with Crippen LogP contribution in [0.25, 0.3) is 0 Å². The summed E-state index contributed by atoms with van der Waals surface area (Å²) in [4.78, 5) is 0. The molecule has 1 rings (SSSR count). The molecule has 104 valence electrons. The molecule has 1 unspecified atom stereocenters. The molecule has 0 spiro atoms. The lowest BCUT2D eigenvalue weighted by Crippen LogP contribution is -2.22. The summed E-state index contributed by atoms with van der Waals surface area (Å²) >= 11 is 0. The van der Waals surface area contributed by atoms with Gasteiger partial charge in [0, 0.05) is 13.2 Å². The van der Waals surface area contributed by atoms with Crippen LogP contribution in [0, 0.1) is 11.3 Å². The largest absolute Gasteiger partial charge is 0.382 e. The van der Waals surface area contributed by atoms with E-state index >= 15 is 0 Å². The van der Waals surface area contributed by atoms with E-state index in [1.54, 1.807) is 0 Å². The molecule has 1 aromatic rings. The first-order chi connectivity index (χ1) is 9.19. The van der Waals surface area contributed by atoms with E-state index in [2.05, 4.69) is 37.4 Å². The van der Waals surface area contributed by atoms with Crippen LogP contribution in [0.1, 0.15) is 50.3 Å². The number of hydrogen-bond acceptors (Lipinski definition) is 3. The third-order valence-corrected chi connectivity index (χ3v) is 3.08. The summed E-state index contributed by atoms with van der Waals surface area (Å²) in [6.07, 6.45) is 0.927. The first-order valence-corrected chi connectivity index (χ1v) is 6.99. The Hall–Kier alpha value is -1.37. The molecule has 1 atom stereocenters.